The van der Waals surface area contributed by atoms with E-state index in [1.165, 1.54) is 5.56 Å². The number of rotatable bonds is 6. The fourth-order valence-electron chi connectivity index (χ4n) is 2.46. The molecule has 2 aromatic rings. The minimum Gasteiger partial charge on any atom is -0.306 e. The number of aryl methyl sites for hydroxylation is 2. The van der Waals surface area contributed by atoms with E-state index in [9.17, 15) is 0 Å². The minimum absolute atomic E-state index is 0.0865. The van der Waals surface area contributed by atoms with Gasteiger partial charge in [-0.15, -0.1) is 0 Å². The summed E-state index contributed by atoms with van der Waals surface area (Å²) in [4.78, 5) is 0. The molecule has 1 heterocycles. The Balaban J connectivity index is 2.43. The van der Waals surface area contributed by atoms with Crippen molar-refractivity contribution in [2.75, 3.05) is 6.54 Å². The molecule has 1 N–H and O–H groups in total. The molecule has 21 heavy (non-hydrogen) atoms. The number of hydrogen-bond donors (Lipinski definition) is 1. The molecule has 0 bridgehead atoms. The third kappa shape index (κ3) is 3.79. The van der Waals surface area contributed by atoms with Crippen molar-refractivity contribution in [3.63, 3.8) is 0 Å². The number of aromatic nitrogens is 2. The Bertz CT molecular complexity index is 608. The van der Waals surface area contributed by atoms with E-state index >= 15 is 0 Å². The molecule has 0 saturated heterocycles. The van der Waals surface area contributed by atoms with E-state index in [2.05, 4.69) is 30.5 Å². The molecular formula is C16H21Cl2N3. The minimum atomic E-state index is 0.0865. The second kappa shape index (κ2) is 7.30. The molecule has 0 saturated carbocycles. The van der Waals surface area contributed by atoms with Crippen LogP contribution in [0, 0.1) is 0 Å². The quantitative estimate of drug-likeness (QED) is 0.854. The van der Waals surface area contributed by atoms with Crippen molar-refractivity contribution in [2.45, 2.75) is 32.7 Å². The molecule has 0 amide bonds. The average molecular weight is 326 g/mol. The lowest BCUT2D eigenvalue weighted by atomic mass is 9.98. The van der Waals surface area contributed by atoms with Gasteiger partial charge >= 0.3 is 0 Å². The van der Waals surface area contributed by atoms with Crippen LogP contribution in [0.15, 0.2) is 24.4 Å². The zero-order valence-electron chi connectivity index (χ0n) is 12.7. The highest BCUT2D eigenvalue weighted by Crippen LogP contribution is 2.30. The predicted molar refractivity (Wildman–Crippen MR) is 89.2 cm³/mol. The first-order valence-electron chi connectivity index (χ1n) is 7.27. The maximum Gasteiger partial charge on any atom is 0.0673 e. The van der Waals surface area contributed by atoms with Gasteiger partial charge < -0.3 is 5.32 Å². The van der Waals surface area contributed by atoms with Crippen LogP contribution in [-0.4, -0.2) is 16.3 Å². The maximum atomic E-state index is 6.18. The van der Waals surface area contributed by atoms with Gasteiger partial charge in [-0.3, -0.25) is 4.68 Å². The van der Waals surface area contributed by atoms with Crippen molar-refractivity contribution in [2.24, 2.45) is 7.05 Å². The van der Waals surface area contributed by atoms with Gasteiger partial charge in [0.05, 0.1) is 21.8 Å². The van der Waals surface area contributed by atoms with Crippen LogP contribution < -0.4 is 5.32 Å². The number of halogens is 2. The van der Waals surface area contributed by atoms with Crippen LogP contribution in [0.4, 0.5) is 0 Å². The Hall–Kier alpha value is -1.03. The van der Waals surface area contributed by atoms with Crippen LogP contribution in [0.25, 0.3) is 0 Å². The van der Waals surface area contributed by atoms with E-state index < -0.39 is 0 Å². The van der Waals surface area contributed by atoms with Gasteiger partial charge in [0.15, 0.2) is 0 Å². The molecule has 5 heteroatoms. The third-order valence-electron chi connectivity index (χ3n) is 3.46. The second-order valence-electron chi connectivity index (χ2n) is 5.12. The molecule has 1 aromatic carbocycles. The largest absolute Gasteiger partial charge is 0.306 e. The van der Waals surface area contributed by atoms with Crippen molar-refractivity contribution in [1.82, 2.24) is 15.1 Å². The van der Waals surface area contributed by atoms with Crippen LogP contribution in [0.3, 0.4) is 0 Å². The molecule has 3 nitrogen and oxygen atoms in total. The number of hydrogen-bond acceptors (Lipinski definition) is 2. The Kier molecular flexibility index (Phi) is 5.68. The number of nitrogens with zero attached hydrogens (tertiary/aromatic N) is 2. The summed E-state index contributed by atoms with van der Waals surface area (Å²) in [5, 5.41) is 9.29. The summed E-state index contributed by atoms with van der Waals surface area (Å²) in [6.45, 7) is 5.21. The van der Waals surface area contributed by atoms with Crippen LogP contribution in [0.2, 0.25) is 10.0 Å². The molecule has 1 aromatic heterocycles. The number of nitrogens with one attached hydrogen (secondary N) is 1. The van der Waals surface area contributed by atoms with Gasteiger partial charge in [0.25, 0.3) is 0 Å². The summed E-state index contributed by atoms with van der Waals surface area (Å²) in [7, 11) is 1.95. The molecule has 1 atom stereocenters. The first kappa shape index (κ1) is 16.3. The Morgan fingerprint density at radius 3 is 2.62 bits per heavy atom. The molecule has 114 valence electrons. The zero-order valence-corrected chi connectivity index (χ0v) is 14.2. The van der Waals surface area contributed by atoms with E-state index in [4.69, 9.17) is 23.2 Å². The third-order valence-corrected chi connectivity index (χ3v) is 4.20. The molecule has 0 aliphatic heterocycles. The van der Waals surface area contributed by atoms with E-state index in [-0.39, 0.29) is 6.04 Å². The fourth-order valence-corrected chi connectivity index (χ4v) is 2.76. The van der Waals surface area contributed by atoms with Gasteiger partial charge in [0.2, 0.25) is 0 Å². The summed E-state index contributed by atoms with van der Waals surface area (Å²) in [5.74, 6) is 0. The maximum absolute atomic E-state index is 6.18. The molecule has 0 aliphatic carbocycles. The predicted octanol–water partition coefficient (Wildman–Crippen LogP) is 4.38. The van der Waals surface area contributed by atoms with E-state index in [1.807, 2.05) is 29.9 Å². The second-order valence-corrected chi connectivity index (χ2v) is 5.93. The topological polar surface area (TPSA) is 29.9 Å². The Morgan fingerprint density at radius 1 is 1.24 bits per heavy atom. The standard InChI is InChI=1S/C16H21Cl2N3/c1-4-8-19-16(11-6-7-13(17)14(18)9-11)12-10-21(3)20-15(12)5-2/h6-7,9-10,16,19H,4-5,8H2,1-3H3. The highest BCUT2D eigenvalue weighted by Gasteiger charge is 2.19. The molecule has 0 aliphatic rings. The monoisotopic (exact) mass is 325 g/mol. The lowest BCUT2D eigenvalue weighted by Gasteiger charge is -2.19. The lowest BCUT2D eigenvalue weighted by Crippen LogP contribution is -2.23. The van der Waals surface area contributed by atoms with Crippen molar-refractivity contribution < 1.29 is 0 Å². The summed E-state index contributed by atoms with van der Waals surface area (Å²) >= 11 is 12.2. The highest BCUT2D eigenvalue weighted by molar-refractivity contribution is 6.42. The Labute approximate surface area is 136 Å². The molecule has 2 rings (SSSR count). The summed E-state index contributed by atoms with van der Waals surface area (Å²) in [6, 6.07) is 5.89. The van der Waals surface area contributed by atoms with Crippen LogP contribution in [-0.2, 0) is 13.5 Å². The summed E-state index contributed by atoms with van der Waals surface area (Å²) in [5.41, 5.74) is 3.42. The van der Waals surface area contributed by atoms with Gasteiger partial charge in [-0.25, -0.2) is 0 Å². The first-order chi connectivity index (χ1) is 10.1. The van der Waals surface area contributed by atoms with Gasteiger partial charge in [-0.2, -0.15) is 5.10 Å². The van der Waals surface area contributed by atoms with Gasteiger partial charge in [0, 0.05) is 18.8 Å². The van der Waals surface area contributed by atoms with E-state index in [0.29, 0.717) is 10.0 Å². The lowest BCUT2D eigenvalue weighted by molar-refractivity contribution is 0.594. The van der Waals surface area contributed by atoms with Gasteiger partial charge in [-0.1, -0.05) is 43.1 Å². The van der Waals surface area contributed by atoms with Crippen LogP contribution >= 0.6 is 23.2 Å². The van der Waals surface area contributed by atoms with Crippen LogP contribution in [0.1, 0.15) is 43.1 Å². The van der Waals surface area contributed by atoms with Crippen molar-refractivity contribution in [3.05, 3.63) is 51.3 Å². The molecule has 0 spiro atoms. The molecular weight excluding hydrogens is 305 g/mol. The van der Waals surface area contributed by atoms with Crippen molar-refractivity contribution in [3.8, 4) is 0 Å². The molecule has 0 fully saturated rings. The Morgan fingerprint density at radius 2 is 2.00 bits per heavy atom. The van der Waals surface area contributed by atoms with E-state index in [0.717, 1.165) is 30.6 Å². The number of benzene rings is 1. The smallest absolute Gasteiger partial charge is 0.0673 e. The van der Waals surface area contributed by atoms with Gasteiger partial charge in [0.1, 0.15) is 0 Å². The highest BCUT2D eigenvalue weighted by atomic mass is 35.5. The average Bonchev–Trinajstić information content (AvgIpc) is 2.84. The zero-order chi connectivity index (χ0) is 15.4. The SMILES string of the molecule is CCCNC(c1ccc(Cl)c(Cl)c1)c1cn(C)nc1CC. The summed E-state index contributed by atoms with van der Waals surface area (Å²) in [6.07, 6.45) is 4.05. The van der Waals surface area contributed by atoms with Crippen molar-refractivity contribution >= 4 is 23.2 Å². The van der Waals surface area contributed by atoms with Crippen molar-refractivity contribution in [1.29, 1.82) is 0 Å². The molecule has 1 unspecified atom stereocenters. The van der Waals surface area contributed by atoms with Gasteiger partial charge in [-0.05, 0) is 37.1 Å². The summed E-state index contributed by atoms with van der Waals surface area (Å²) < 4.78 is 1.87. The fraction of sp³-hybridized carbons (Fsp3) is 0.438. The van der Waals surface area contributed by atoms with Crippen LogP contribution in [0.5, 0.6) is 0 Å². The first-order valence-corrected chi connectivity index (χ1v) is 8.03. The molecule has 0 radical (unpaired) electrons. The normalized spacial score (nSPS) is 12.6. The van der Waals surface area contributed by atoms with E-state index in [1.54, 1.807) is 0 Å².